The first-order valence-electron chi connectivity index (χ1n) is 5.66. The molecule has 0 atom stereocenters. The van der Waals surface area contributed by atoms with Crippen molar-refractivity contribution in [2.24, 2.45) is 0 Å². The second-order valence-corrected chi connectivity index (χ2v) is 5.74. The first-order valence-corrected chi connectivity index (χ1v) is 7.34. The fraction of sp³-hybridized carbons (Fsp3) is 0.231. The van der Waals surface area contributed by atoms with Crippen molar-refractivity contribution < 1.29 is 13.5 Å². The smallest absolute Gasteiger partial charge is 0.162 e. The van der Waals surface area contributed by atoms with Crippen LogP contribution in [0, 0.1) is 11.6 Å². The fourth-order valence-electron chi connectivity index (χ4n) is 1.47. The molecule has 1 aromatic carbocycles. The monoisotopic (exact) mass is 347 g/mol. The molecule has 0 bridgehead atoms. The Balaban J connectivity index is 1.67. The largest absolute Gasteiger partial charge is 0.492 e. The van der Waals surface area contributed by atoms with Gasteiger partial charge in [0.25, 0.3) is 0 Å². The predicted molar refractivity (Wildman–Crippen MR) is 75.6 cm³/mol. The summed E-state index contributed by atoms with van der Waals surface area (Å²) in [5.74, 6) is -1.43. The molecule has 0 saturated carbocycles. The summed E-state index contributed by atoms with van der Waals surface area (Å²) in [6, 6.07) is 5.57. The minimum absolute atomic E-state index is 0.333. The highest BCUT2D eigenvalue weighted by atomic mass is 79.9. The van der Waals surface area contributed by atoms with E-state index in [0.29, 0.717) is 18.9 Å². The highest BCUT2D eigenvalue weighted by Crippen LogP contribution is 2.19. The van der Waals surface area contributed by atoms with E-state index in [0.717, 1.165) is 23.2 Å². The number of thiophene rings is 1. The van der Waals surface area contributed by atoms with Gasteiger partial charge in [-0.3, -0.25) is 0 Å². The van der Waals surface area contributed by atoms with E-state index in [9.17, 15) is 8.78 Å². The van der Waals surface area contributed by atoms with E-state index in [2.05, 4.69) is 21.2 Å². The number of halogens is 3. The normalized spacial score (nSPS) is 10.7. The van der Waals surface area contributed by atoms with Gasteiger partial charge in [-0.15, -0.1) is 11.3 Å². The Hall–Kier alpha value is -0.980. The van der Waals surface area contributed by atoms with Gasteiger partial charge in [-0.1, -0.05) is 0 Å². The third-order valence-electron chi connectivity index (χ3n) is 2.36. The number of hydrogen-bond acceptors (Lipinski definition) is 3. The van der Waals surface area contributed by atoms with Crippen LogP contribution in [0.4, 0.5) is 8.78 Å². The number of benzene rings is 1. The lowest BCUT2D eigenvalue weighted by molar-refractivity contribution is 0.311. The van der Waals surface area contributed by atoms with Crippen molar-refractivity contribution in [1.29, 1.82) is 0 Å². The predicted octanol–water partition coefficient (Wildman–Crippen LogP) is 3.96. The number of ether oxygens (including phenoxy) is 1. The van der Waals surface area contributed by atoms with Crippen molar-refractivity contribution >= 4 is 27.3 Å². The van der Waals surface area contributed by atoms with Crippen molar-refractivity contribution in [3.63, 3.8) is 0 Å². The molecule has 1 N–H and O–H groups in total. The van der Waals surface area contributed by atoms with Crippen molar-refractivity contribution in [2.75, 3.05) is 13.2 Å². The summed E-state index contributed by atoms with van der Waals surface area (Å²) in [6.07, 6.45) is 0. The van der Waals surface area contributed by atoms with E-state index in [1.807, 2.05) is 11.4 Å². The van der Waals surface area contributed by atoms with Crippen LogP contribution in [0.15, 0.2) is 34.1 Å². The van der Waals surface area contributed by atoms with Crippen LogP contribution in [0.1, 0.15) is 4.88 Å². The molecule has 0 fully saturated rings. The molecule has 6 heteroatoms. The molecule has 0 unspecified atom stereocenters. The van der Waals surface area contributed by atoms with Crippen LogP contribution in [0.25, 0.3) is 0 Å². The Morgan fingerprint density at radius 1 is 1.21 bits per heavy atom. The Kier molecular flexibility index (Phi) is 5.30. The minimum atomic E-state index is -0.895. The van der Waals surface area contributed by atoms with Crippen LogP contribution < -0.4 is 10.1 Å². The molecule has 0 spiro atoms. The summed E-state index contributed by atoms with van der Waals surface area (Å²) in [6.45, 7) is 1.80. The number of nitrogens with one attached hydrogen (secondary N) is 1. The Morgan fingerprint density at radius 2 is 2.05 bits per heavy atom. The first-order chi connectivity index (χ1) is 9.15. The summed E-state index contributed by atoms with van der Waals surface area (Å²) in [5, 5.41) is 5.23. The van der Waals surface area contributed by atoms with Gasteiger partial charge in [0.2, 0.25) is 0 Å². The number of hydrogen-bond donors (Lipinski definition) is 1. The zero-order valence-corrected chi connectivity index (χ0v) is 12.4. The second-order valence-electron chi connectivity index (χ2n) is 3.83. The molecule has 19 heavy (non-hydrogen) atoms. The standard InChI is InChI=1S/C13H12BrF2NOS/c14-9-5-11(19-8-9)7-17-3-4-18-10-1-2-12(15)13(16)6-10/h1-2,5-6,8,17H,3-4,7H2. The lowest BCUT2D eigenvalue weighted by Gasteiger charge is -2.07. The van der Waals surface area contributed by atoms with Gasteiger partial charge in [0.1, 0.15) is 12.4 Å². The van der Waals surface area contributed by atoms with Gasteiger partial charge in [-0.2, -0.15) is 0 Å². The third-order valence-corrected chi connectivity index (χ3v) is 4.06. The molecule has 102 valence electrons. The summed E-state index contributed by atoms with van der Waals surface area (Å²) >= 11 is 5.06. The van der Waals surface area contributed by atoms with E-state index in [1.165, 1.54) is 10.9 Å². The Morgan fingerprint density at radius 3 is 2.74 bits per heavy atom. The molecule has 0 aliphatic carbocycles. The van der Waals surface area contributed by atoms with Crippen LogP contribution in [0.5, 0.6) is 5.75 Å². The van der Waals surface area contributed by atoms with Crippen LogP contribution in [-0.4, -0.2) is 13.2 Å². The molecule has 1 aromatic heterocycles. The maximum atomic E-state index is 12.9. The van der Waals surface area contributed by atoms with Crippen LogP contribution in [-0.2, 0) is 6.54 Å². The average Bonchev–Trinajstić information content (AvgIpc) is 2.79. The Labute approximate surface area is 122 Å². The zero-order chi connectivity index (χ0) is 13.7. The summed E-state index contributed by atoms with van der Waals surface area (Å²) < 4.78 is 32.0. The van der Waals surface area contributed by atoms with Crippen molar-refractivity contribution in [2.45, 2.75) is 6.54 Å². The molecule has 1 heterocycles. The summed E-state index contributed by atoms with van der Waals surface area (Å²) in [4.78, 5) is 1.22. The van der Waals surface area contributed by atoms with Gasteiger partial charge < -0.3 is 10.1 Å². The highest BCUT2D eigenvalue weighted by Gasteiger charge is 2.03. The maximum absolute atomic E-state index is 12.9. The van der Waals surface area contributed by atoms with Crippen molar-refractivity contribution in [3.05, 3.63) is 50.6 Å². The van der Waals surface area contributed by atoms with Gasteiger partial charge >= 0.3 is 0 Å². The highest BCUT2D eigenvalue weighted by molar-refractivity contribution is 9.10. The Bertz CT molecular complexity index is 547. The third kappa shape index (κ3) is 4.56. The lowest BCUT2D eigenvalue weighted by atomic mass is 10.3. The fourth-order valence-corrected chi connectivity index (χ4v) is 2.89. The molecular weight excluding hydrogens is 336 g/mol. The topological polar surface area (TPSA) is 21.3 Å². The summed E-state index contributed by atoms with van der Waals surface area (Å²) in [5.41, 5.74) is 0. The van der Waals surface area contributed by atoms with Gasteiger partial charge in [0.15, 0.2) is 11.6 Å². The first kappa shape index (κ1) is 14.4. The molecule has 0 radical (unpaired) electrons. The molecule has 2 aromatic rings. The van der Waals surface area contributed by atoms with E-state index < -0.39 is 11.6 Å². The van der Waals surface area contributed by atoms with Crippen LogP contribution in [0.3, 0.4) is 0 Å². The van der Waals surface area contributed by atoms with E-state index >= 15 is 0 Å². The van der Waals surface area contributed by atoms with E-state index in [4.69, 9.17) is 4.74 Å². The molecule has 0 aliphatic heterocycles. The van der Waals surface area contributed by atoms with Gasteiger partial charge in [0, 0.05) is 33.9 Å². The van der Waals surface area contributed by atoms with Crippen LogP contribution >= 0.6 is 27.3 Å². The molecule has 2 nitrogen and oxygen atoms in total. The lowest BCUT2D eigenvalue weighted by Crippen LogP contribution is -2.20. The SMILES string of the molecule is Fc1ccc(OCCNCc2cc(Br)cs2)cc1F. The van der Waals surface area contributed by atoms with Gasteiger partial charge in [-0.25, -0.2) is 8.78 Å². The van der Waals surface area contributed by atoms with E-state index in [-0.39, 0.29) is 0 Å². The molecule has 0 aliphatic rings. The summed E-state index contributed by atoms with van der Waals surface area (Å²) in [7, 11) is 0. The zero-order valence-electron chi connectivity index (χ0n) is 9.96. The van der Waals surface area contributed by atoms with Crippen molar-refractivity contribution in [1.82, 2.24) is 5.32 Å². The van der Waals surface area contributed by atoms with Crippen molar-refractivity contribution in [3.8, 4) is 5.75 Å². The molecular formula is C13H12BrF2NOS. The molecule has 2 rings (SSSR count). The van der Waals surface area contributed by atoms with Crippen LogP contribution in [0.2, 0.25) is 0 Å². The minimum Gasteiger partial charge on any atom is -0.492 e. The molecule has 0 saturated heterocycles. The van der Waals surface area contributed by atoms with E-state index in [1.54, 1.807) is 11.3 Å². The quantitative estimate of drug-likeness (QED) is 0.798. The second kappa shape index (κ2) is 6.98. The average molecular weight is 348 g/mol. The van der Waals surface area contributed by atoms with Gasteiger partial charge in [0.05, 0.1) is 0 Å². The van der Waals surface area contributed by atoms with Gasteiger partial charge in [-0.05, 0) is 34.1 Å². The maximum Gasteiger partial charge on any atom is 0.162 e. The number of rotatable bonds is 6. The molecule has 0 amide bonds.